The molecule has 2 unspecified atom stereocenters. The van der Waals surface area contributed by atoms with E-state index in [1.807, 2.05) is 13.1 Å². The van der Waals surface area contributed by atoms with E-state index in [1.54, 1.807) is 11.3 Å². The summed E-state index contributed by atoms with van der Waals surface area (Å²) in [4.78, 5) is 7.97. The fourth-order valence-electron chi connectivity index (χ4n) is 2.17. The summed E-state index contributed by atoms with van der Waals surface area (Å²) in [6, 6.07) is 0.0770. The predicted octanol–water partition coefficient (Wildman–Crippen LogP) is 2.56. The molecule has 1 aliphatic rings. The molecule has 4 nitrogen and oxygen atoms in total. The Kier molecular flexibility index (Phi) is 4.97. The minimum absolute atomic E-state index is 0.0770. The van der Waals surface area contributed by atoms with E-state index in [1.165, 1.54) is 12.8 Å². The van der Waals surface area contributed by atoms with Crippen LogP contribution in [-0.4, -0.2) is 30.8 Å². The minimum Gasteiger partial charge on any atom is -0.376 e. The number of piperidine rings is 1. The van der Waals surface area contributed by atoms with Gasteiger partial charge in [-0.15, -0.1) is 11.3 Å². The number of hydrogen-bond acceptors (Lipinski definition) is 5. The van der Waals surface area contributed by atoms with Crippen LogP contribution in [0.4, 0.5) is 5.13 Å². The number of nitrogens with zero attached hydrogens (tertiary/aromatic N) is 2. The Labute approximate surface area is 113 Å². The van der Waals surface area contributed by atoms with Crippen molar-refractivity contribution in [1.29, 1.82) is 0 Å². The third kappa shape index (κ3) is 3.43. The fraction of sp³-hybridized carbons (Fsp3) is 0.769. The van der Waals surface area contributed by atoms with Gasteiger partial charge >= 0.3 is 0 Å². The van der Waals surface area contributed by atoms with Gasteiger partial charge in [0.25, 0.3) is 0 Å². The summed E-state index contributed by atoms with van der Waals surface area (Å²) >= 11 is 1.71. The van der Waals surface area contributed by atoms with Crippen LogP contribution in [0.2, 0.25) is 0 Å². The van der Waals surface area contributed by atoms with E-state index in [2.05, 4.69) is 16.8 Å². The van der Waals surface area contributed by atoms with Crippen LogP contribution in [-0.2, 0) is 4.74 Å². The zero-order valence-corrected chi connectivity index (χ0v) is 12.1. The SMILES string of the molecule is CCCOC1CCCN(c2ncc(C(C)N)s2)C1. The van der Waals surface area contributed by atoms with E-state index in [9.17, 15) is 0 Å². The maximum absolute atomic E-state index is 5.88. The van der Waals surface area contributed by atoms with E-state index in [0.717, 1.165) is 36.1 Å². The Bertz CT molecular complexity index is 367. The highest BCUT2D eigenvalue weighted by atomic mass is 32.1. The molecule has 0 saturated carbocycles. The molecule has 2 heterocycles. The number of anilines is 1. The Morgan fingerprint density at radius 3 is 3.17 bits per heavy atom. The zero-order valence-electron chi connectivity index (χ0n) is 11.3. The Balaban J connectivity index is 1.94. The molecule has 2 N–H and O–H groups in total. The first-order chi connectivity index (χ1) is 8.70. The van der Waals surface area contributed by atoms with Gasteiger partial charge in [-0.2, -0.15) is 0 Å². The molecule has 0 aromatic carbocycles. The highest BCUT2D eigenvalue weighted by molar-refractivity contribution is 7.15. The number of nitrogens with two attached hydrogens (primary N) is 1. The van der Waals surface area contributed by atoms with Crippen LogP contribution in [0.15, 0.2) is 6.20 Å². The molecule has 2 atom stereocenters. The van der Waals surface area contributed by atoms with Crippen molar-refractivity contribution in [2.45, 2.75) is 45.3 Å². The standard InChI is InChI=1S/C13H23N3OS/c1-3-7-17-11-5-4-6-16(9-11)13-15-8-12(18-13)10(2)14/h8,10-11H,3-7,9,14H2,1-2H3. The van der Waals surface area contributed by atoms with Crippen LogP contribution in [0, 0.1) is 0 Å². The number of ether oxygens (including phenoxy) is 1. The second kappa shape index (κ2) is 6.50. The molecule has 0 spiro atoms. The van der Waals surface area contributed by atoms with E-state index < -0.39 is 0 Å². The monoisotopic (exact) mass is 269 g/mol. The fourth-order valence-corrected chi connectivity index (χ4v) is 3.07. The van der Waals surface area contributed by atoms with Gasteiger partial charge in [0.05, 0.1) is 6.10 Å². The highest BCUT2D eigenvalue weighted by Gasteiger charge is 2.22. The number of thiazole rings is 1. The third-order valence-corrected chi connectivity index (χ3v) is 4.43. The van der Waals surface area contributed by atoms with Gasteiger partial charge in [0.2, 0.25) is 0 Å². The van der Waals surface area contributed by atoms with Gasteiger partial charge in [0.1, 0.15) is 0 Å². The summed E-state index contributed by atoms with van der Waals surface area (Å²) in [6.45, 7) is 7.06. The van der Waals surface area contributed by atoms with Gasteiger partial charge in [-0.1, -0.05) is 6.92 Å². The van der Waals surface area contributed by atoms with Crippen molar-refractivity contribution >= 4 is 16.5 Å². The number of rotatable bonds is 5. The van der Waals surface area contributed by atoms with Crippen LogP contribution in [0.25, 0.3) is 0 Å². The van der Waals surface area contributed by atoms with Crippen molar-refractivity contribution in [3.8, 4) is 0 Å². The van der Waals surface area contributed by atoms with Crippen molar-refractivity contribution in [2.75, 3.05) is 24.6 Å². The smallest absolute Gasteiger partial charge is 0.185 e. The van der Waals surface area contributed by atoms with E-state index in [4.69, 9.17) is 10.5 Å². The molecule has 0 amide bonds. The molecule has 5 heteroatoms. The molecule has 2 rings (SSSR count). The molecule has 18 heavy (non-hydrogen) atoms. The van der Waals surface area contributed by atoms with Crippen LogP contribution >= 0.6 is 11.3 Å². The van der Waals surface area contributed by atoms with Gasteiger partial charge in [-0.05, 0) is 26.2 Å². The molecule has 1 aromatic rings. The summed E-state index contributed by atoms with van der Waals surface area (Å²) in [6.07, 6.45) is 5.70. The maximum atomic E-state index is 5.88. The second-order valence-electron chi connectivity index (χ2n) is 4.91. The Morgan fingerprint density at radius 1 is 1.67 bits per heavy atom. The van der Waals surface area contributed by atoms with E-state index in [-0.39, 0.29) is 6.04 Å². The quantitative estimate of drug-likeness (QED) is 0.892. The maximum Gasteiger partial charge on any atom is 0.185 e. The van der Waals surface area contributed by atoms with E-state index in [0.29, 0.717) is 6.10 Å². The molecular formula is C13H23N3OS. The summed E-state index contributed by atoms with van der Waals surface area (Å²) in [5.74, 6) is 0. The molecular weight excluding hydrogens is 246 g/mol. The van der Waals surface area contributed by atoms with E-state index >= 15 is 0 Å². The number of hydrogen-bond donors (Lipinski definition) is 1. The molecule has 1 fully saturated rings. The molecule has 102 valence electrons. The lowest BCUT2D eigenvalue weighted by atomic mass is 10.1. The molecule has 1 aromatic heterocycles. The molecule has 0 aliphatic carbocycles. The second-order valence-corrected chi connectivity index (χ2v) is 5.96. The lowest BCUT2D eigenvalue weighted by Crippen LogP contribution is -2.39. The highest BCUT2D eigenvalue weighted by Crippen LogP contribution is 2.28. The lowest BCUT2D eigenvalue weighted by Gasteiger charge is -2.32. The van der Waals surface area contributed by atoms with Crippen LogP contribution < -0.4 is 10.6 Å². The summed E-state index contributed by atoms with van der Waals surface area (Å²) in [5, 5.41) is 1.09. The van der Waals surface area contributed by atoms with Crippen molar-refractivity contribution < 1.29 is 4.74 Å². The predicted molar refractivity (Wildman–Crippen MR) is 76.2 cm³/mol. The van der Waals surface area contributed by atoms with Crippen molar-refractivity contribution in [2.24, 2.45) is 5.73 Å². The van der Waals surface area contributed by atoms with Crippen LogP contribution in [0.3, 0.4) is 0 Å². The van der Waals surface area contributed by atoms with Crippen molar-refractivity contribution in [1.82, 2.24) is 4.98 Å². The average molecular weight is 269 g/mol. The number of aromatic nitrogens is 1. The first-order valence-corrected chi connectivity index (χ1v) is 7.60. The van der Waals surface area contributed by atoms with Gasteiger partial charge in [-0.3, -0.25) is 0 Å². The van der Waals surface area contributed by atoms with Gasteiger partial charge in [-0.25, -0.2) is 4.98 Å². The van der Waals surface area contributed by atoms with Crippen LogP contribution in [0.5, 0.6) is 0 Å². The van der Waals surface area contributed by atoms with Crippen LogP contribution in [0.1, 0.15) is 44.0 Å². The van der Waals surface area contributed by atoms with Gasteiger partial charge in [0, 0.05) is 36.8 Å². The van der Waals surface area contributed by atoms with Crippen molar-refractivity contribution in [3.05, 3.63) is 11.1 Å². The topological polar surface area (TPSA) is 51.4 Å². The molecule has 1 saturated heterocycles. The van der Waals surface area contributed by atoms with Crippen molar-refractivity contribution in [3.63, 3.8) is 0 Å². The third-order valence-electron chi connectivity index (χ3n) is 3.17. The average Bonchev–Trinajstić information content (AvgIpc) is 2.86. The van der Waals surface area contributed by atoms with Gasteiger partial charge < -0.3 is 15.4 Å². The molecule has 1 aliphatic heterocycles. The Morgan fingerprint density at radius 2 is 2.50 bits per heavy atom. The zero-order chi connectivity index (χ0) is 13.0. The first kappa shape index (κ1) is 13.8. The Hall–Kier alpha value is -0.650. The molecule has 0 bridgehead atoms. The normalized spacial score (nSPS) is 22.2. The summed E-state index contributed by atoms with van der Waals surface area (Å²) < 4.78 is 5.85. The minimum atomic E-state index is 0.0770. The largest absolute Gasteiger partial charge is 0.376 e. The van der Waals surface area contributed by atoms with Gasteiger partial charge in [0.15, 0.2) is 5.13 Å². The summed E-state index contributed by atoms with van der Waals surface area (Å²) in [7, 11) is 0. The first-order valence-electron chi connectivity index (χ1n) is 6.78. The summed E-state index contributed by atoms with van der Waals surface area (Å²) in [5.41, 5.74) is 5.88. The molecule has 0 radical (unpaired) electrons. The lowest BCUT2D eigenvalue weighted by molar-refractivity contribution is 0.0440.